The van der Waals surface area contributed by atoms with Gasteiger partial charge in [-0.2, -0.15) is 14.7 Å². The number of ether oxygens (including phenoxy) is 1. The standard InChI is InChI=1S/C18H13ClN6OS/c1-26-15-5-3-2-4-11(15)17-24-25-16(22-23-18(25)27-17)9-14-12-8-10(19)6-7-13(12)20-21-14/h2-8H,9H2,1H3,(H,20,21). The number of halogens is 1. The molecule has 0 bridgehead atoms. The average Bonchev–Trinajstić information content (AvgIpc) is 3.38. The van der Waals surface area contributed by atoms with Crippen molar-refractivity contribution >= 4 is 38.8 Å². The highest BCUT2D eigenvalue weighted by molar-refractivity contribution is 7.19. The van der Waals surface area contributed by atoms with Crippen LogP contribution in [0.3, 0.4) is 0 Å². The first-order valence-electron chi connectivity index (χ1n) is 8.20. The molecule has 2 aromatic carbocycles. The highest BCUT2D eigenvalue weighted by atomic mass is 35.5. The van der Waals surface area contributed by atoms with Gasteiger partial charge in [0.25, 0.3) is 0 Å². The van der Waals surface area contributed by atoms with Gasteiger partial charge in [0.2, 0.25) is 4.96 Å². The maximum Gasteiger partial charge on any atom is 0.234 e. The van der Waals surface area contributed by atoms with Crippen molar-refractivity contribution in [2.45, 2.75) is 6.42 Å². The van der Waals surface area contributed by atoms with Gasteiger partial charge in [-0.15, -0.1) is 10.2 Å². The summed E-state index contributed by atoms with van der Waals surface area (Å²) in [6.07, 6.45) is 0.521. The van der Waals surface area contributed by atoms with Crippen molar-refractivity contribution in [1.29, 1.82) is 0 Å². The SMILES string of the molecule is COc1ccccc1-c1nn2c(Cc3[nH]nc4ccc(Cl)cc34)nnc2s1. The summed E-state index contributed by atoms with van der Waals surface area (Å²) >= 11 is 7.60. The Morgan fingerprint density at radius 3 is 2.96 bits per heavy atom. The summed E-state index contributed by atoms with van der Waals surface area (Å²) in [5.74, 6) is 1.51. The van der Waals surface area contributed by atoms with Gasteiger partial charge in [-0.3, -0.25) is 5.10 Å². The third-order valence-corrected chi connectivity index (χ3v) is 5.49. The summed E-state index contributed by atoms with van der Waals surface area (Å²) in [5, 5.41) is 23.1. The van der Waals surface area contributed by atoms with E-state index in [9.17, 15) is 0 Å². The number of hydrogen-bond donors (Lipinski definition) is 1. The van der Waals surface area contributed by atoms with Crippen molar-refractivity contribution < 1.29 is 4.74 Å². The van der Waals surface area contributed by atoms with Gasteiger partial charge in [0.15, 0.2) is 10.8 Å². The van der Waals surface area contributed by atoms with E-state index < -0.39 is 0 Å². The van der Waals surface area contributed by atoms with Gasteiger partial charge >= 0.3 is 0 Å². The summed E-state index contributed by atoms with van der Waals surface area (Å²) in [6.45, 7) is 0. The van der Waals surface area contributed by atoms with Gasteiger partial charge in [0.05, 0.1) is 30.3 Å². The van der Waals surface area contributed by atoms with E-state index in [2.05, 4.69) is 20.4 Å². The molecule has 0 fully saturated rings. The molecular weight excluding hydrogens is 384 g/mol. The van der Waals surface area contributed by atoms with Crippen molar-refractivity contribution in [3.63, 3.8) is 0 Å². The van der Waals surface area contributed by atoms with Gasteiger partial charge in [-0.05, 0) is 30.3 Å². The number of methoxy groups -OCH3 is 1. The smallest absolute Gasteiger partial charge is 0.234 e. The largest absolute Gasteiger partial charge is 0.496 e. The monoisotopic (exact) mass is 396 g/mol. The van der Waals surface area contributed by atoms with Crippen LogP contribution >= 0.6 is 22.9 Å². The molecule has 0 saturated heterocycles. The molecule has 0 atom stereocenters. The summed E-state index contributed by atoms with van der Waals surface area (Å²) in [7, 11) is 1.65. The van der Waals surface area contributed by atoms with Crippen molar-refractivity contribution in [2.75, 3.05) is 7.11 Å². The molecule has 3 aromatic heterocycles. The Morgan fingerprint density at radius 2 is 2.07 bits per heavy atom. The van der Waals surface area contributed by atoms with Crippen LogP contribution in [-0.2, 0) is 6.42 Å². The predicted molar refractivity (Wildman–Crippen MR) is 105 cm³/mol. The fourth-order valence-corrected chi connectivity index (χ4v) is 4.09. The Kier molecular flexibility index (Phi) is 3.80. The normalized spacial score (nSPS) is 11.5. The van der Waals surface area contributed by atoms with E-state index in [-0.39, 0.29) is 0 Å². The number of nitrogens with zero attached hydrogens (tertiary/aromatic N) is 5. The quantitative estimate of drug-likeness (QED) is 0.497. The van der Waals surface area contributed by atoms with E-state index in [1.165, 1.54) is 11.3 Å². The third kappa shape index (κ3) is 2.73. The Hall–Kier alpha value is -2.97. The lowest BCUT2D eigenvalue weighted by molar-refractivity contribution is 0.416. The first-order valence-corrected chi connectivity index (χ1v) is 9.39. The van der Waals surface area contributed by atoms with E-state index in [0.717, 1.165) is 43.7 Å². The van der Waals surface area contributed by atoms with Crippen LogP contribution in [0.25, 0.3) is 26.4 Å². The Balaban J connectivity index is 1.56. The Labute approximate surface area is 162 Å². The number of aromatic nitrogens is 6. The molecule has 27 heavy (non-hydrogen) atoms. The molecule has 134 valence electrons. The molecule has 0 aliphatic rings. The number of hydrogen-bond acceptors (Lipinski definition) is 6. The van der Waals surface area contributed by atoms with E-state index in [1.54, 1.807) is 11.6 Å². The zero-order valence-electron chi connectivity index (χ0n) is 14.2. The topological polar surface area (TPSA) is 81.0 Å². The lowest BCUT2D eigenvalue weighted by Crippen LogP contribution is -1.99. The lowest BCUT2D eigenvalue weighted by Gasteiger charge is -2.04. The molecule has 0 saturated carbocycles. The molecule has 3 heterocycles. The fourth-order valence-electron chi connectivity index (χ4n) is 3.03. The van der Waals surface area contributed by atoms with Gasteiger partial charge < -0.3 is 4.74 Å². The van der Waals surface area contributed by atoms with Crippen LogP contribution in [0, 0.1) is 0 Å². The molecule has 0 radical (unpaired) electrons. The van der Waals surface area contributed by atoms with Gasteiger partial charge in [0, 0.05) is 10.4 Å². The molecular formula is C18H13ClN6OS. The van der Waals surface area contributed by atoms with Crippen LogP contribution in [0.2, 0.25) is 5.02 Å². The van der Waals surface area contributed by atoms with E-state index in [0.29, 0.717) is 11.4 Å². The van der Waals surface area contributed by atoms with Crippen molar-refractivity contribution in [3.8, 4) is 16.3 Å². The van der Waals surface area contributed by atoms with Crippen LogP contribution < -0.4 is 4.74 Å². The molecule has 7 nitrogen and oxygen atoms in total. The highest BCUT2D eigenvalue weighted by Gasteiger charge is 2.17. The predicted octanol–water partition coefficient (Wildman–Crippen LogP) is 3.98. The molecule has 1 N–H and O–H groups in total. The molecule has 9 heteroatoms. The maximum absolute atomic E-state index is 6.13. The van der Waals surface area contributed by atoms with Crippen LogP contribution in [0.15, 0.2) is 42.5 Å². The summed E-state index contributed by atoms with van der Waals surface area (Å²) in [4.78, 5) is 0.729. The molecule has 0 aliphatic heterocycles. The highest BCUT2D eigenvalue weighted by Crippen LogP contribution is 2.33. The second kappa shape index (κ2) is 6.33. The number of aromatic amines is 1. The van der Waals surface area contributed by atoms with Gasteiger partial charge in [-0.1, -0.05) is 35.1 Å². The minimum atomic E-state index is 0.521. The molecule has 5 rings (SSSR count). The minimum Gasteiger partial charge on any atom is -0.496 e. The molecule has 0 aliphatic carbocycles. The zero-order valence-corrected chi connectivity index (χ0v) is 15.8. The van der Waals surface area contributed by atoms with E-state index >= 15 is 0 Å². The number of H-pyrrole nitrogens is 1. The van der Waals surface area contributed by atoms with Crippen LogP contribution in [-0.4, -0.2) is 37.1 Å². The third-order valence-electron chi connectivity index (χ3n) is 4.32. The summed E-state index contributed by atoms with van der Waals surface area (Å²) < 4.78 is 7.21. The number of fused-ring (bicyclic) bond motifs is 2. The van der Waals surface area contributed by atoms with Crippen LogP contribution in [0.4, 0.5) is 0 Å². The first kappa shape index (κ1) is 16.2. The molecule has 0 spiro atoms. The van der Waals surface area contributed by atoms with E-state index in [1.807, 2.05) is 42.5 Å². The second-order valence-corrected chi connectivity index (χ2v) is 7.35. The second-order valence-electron chi connectivity index (χ2n) is 5.96. The zero-order chi connectivity index (χ0) is 18.4. The number of rotatable bonds is 4. The van der Waals surface area contributed by atoms with Crippen LogP contribution in [0.5, 0.6) is 5.75 Å². The Morgan fingerprint density at radius 1 is 1.19 bits per heavy atom. The van der Waals surface area contributed by atoms with Gasteiger partial charge in [-0.25, -0.2) is 0 Å². The average molecular weight is 397 g/mol. The number of para-hydroxylation sites is 1. The maximum atomic E-state index is 6.13. The Bertz CT molecular complexity index is 1270. The van der Waals surface area contributed by atoms with Gasteiger partial charge in [0.1, 0.15) is 5.75 Å². The molecule has 0 amide bonds. The van der Waals surface area contributed by atoms with Crippen molar-refractivity contribution in [2.24, 2.45) is 0 Å². The number of nitrogens with one attached hydrogen (secondary N) is 1. The summed E-state index contributed by atoms with van der Waals surface area (Å²) in [5.41, 5.74) is 2.72. The minimum absolute atomic E-state index is 0.521. The van der Waals surface area contributed by atoms with E-state index in [4.69, 9.17) is 21.4 Å². The van der Waals surface area contributed by atoms with Crippen molar-refractivity contribution in [1.82, 2.24) is 30.0 Å². The van der Waals surface area contributed by atoms with Crippen molar-refractivity contribution in [3.05, 3.63) is 59.0 Å². The molecule has 5 aromatic rings. The fraction of sp³-hybridized carbons (Fsp3) is 0.111. The first-order chi connectivity index (χ1) is 13.2. The summed E-state index contributed by atoms with van der Waals surface area (Å²) in [6, 6.07) is 13.4. The lowest BCUT2D eigenvalue weighted by atomic mass is 10.1. The van der Waals surface area contributed by atoms with Crippen LogP contribution in [0.1, 0.15) is 11.5 Å². The number of benzene rings is 2. The molecule has 0 unspecified atom stereocenters.